The summed E-state index contributed by atoms with van der Waals surface area (Å²) in [7, 11) is 0. The third-order valence-corrected chi connectivity index (χ3v) is 4.57. The number of rotatable bonds is 7. The Bertz CT molecular complexity index is 870. The molecule has 0 aromatic carbocycles. The summed E-state index contributed by atoms with van der Waals surface area (Å²) in [5.41, 5.74) is 3.90. The van der Waals surface area contributed by atoms with E-state index in [1.807, 2.05) is 30.9 Å². The van der Waals surface area contributed by atoms with E-state index in [2.05, 4.69) is 9.98 Å². The smallest absolute Gasteiger partial charge is 0.407 e. The van der Waals surface area contributed by atoms with Crippen molar-refractivity contribution in [3.8, 4) is 0 Å². The topological polar surface area (TPSA) is 65.8 Å². The normalized spacial score (nSPS) is 17.9. The van der Waals surface area contributed by atoms with Crippen LogP contribution in [0.5, 0.6) is 0 Å². The number of allylic oxidation sites excluding steroid dienone is 3. The molecule has 1 unspecified atom stereocenters. The lowest BCUT2D eigenvalue weighted by molar-refractivity contribution is -0.118. The van der Waals surface area contributed by atoms with Crippen molar-refractivity contribution in [3.63, 3.8) is 0 Å². The number of carbonyl (C=O) groups is 1. The summed E-state index contributed by atoms with van der Waals surface area (Å²) in [5, 5.41) is 9.23. The molecule has 1 aromatic rings. The number of hydrogen-bond acceptors (Lipinski definition) is 5. The second-order valence-electron chi connectivity index (χ2n) is 6.74. The lowest BCUT2D eigenvalue weighted by Gasteiger charge is -2.29. The van der Waals surface area contributed by atoms with Crippen LogP contribution in [0, 0.1) is 0 Å². The Kier molecular flexibility index (Phi) is 7.36. The highest BCUT2D eigenvalue weighted by Gasteiger charge is 2.31. The van der Waals surface area contributed by atoms with Crippen LogP contribution in [0.3, 0.4) is 0 Å². The van der Waals surface area contributed by atoms with Gasteiger partial charge in [-0.15, -0.1) is 0 Å². The van der Waals surface area contributed by atoms with Crippen LogP contribution in [0.1, 0.15) is 48.8 Å². The predicted octanol–water partition coefficient (Wildman–Crippen LogP) is 4.87. The van der Waals surface area contributed by atoms with Crippen molar-refractivity contribution in [1.29, 1.82) is 0 Å². The zero-order valence-corrected chi connectivity index (χ0v) is 16.6. The zero-order chi connectivity index (χ0) is 21.6. The second-order valence-corrected chi connectivity index (χ2v) is 6.74. The maximum atomic E-state index is 12.5. The third-order valence-electron chi connectivity index (χ3n) is 4.57. The quantitative estimate of drug-likeness (QED) is 0.303. The molecule has 5 nitrogen and oxygen atoms in total. The Hall–Kier alpha value is -2.90. The molecule has 2 heterocycles. The lowest BCUT2D eigenvalue weighted by atomic mass is 10.0. The number of aldehydes is 1. The van der Waals surface area contributed by atoms with Crippen LogP contribution in [-0.4, -0.2) is 46.3 Å². The molecule has 0 radical (unpaired) electrons. The highest BCUT2D eigenvalue weighted by atomic mass is 19.4. The van der Waals surface area contributed by atoms with E-state index in [4.69, 9.17) is 0 Å². The van der Waals surface area contributed by atoms with Gasteiger partial charge in [-0.2, -0.15) is 13.2 Å². The van der Waals surface area contributed by atoms with Crippen molar-refractivity contribution in [2.45, 2.75) is 46.0 Å². The lowest BCUT2D eigenvalue weighted by Crippen LogP contribution is -2.30. The van der Waals surface area contributed by atoms with Gasteiger partial charge >= 0.3 is 6.18 Å². The summed E-state index contributed by atoms with van der Waals surface area (Å²) < 4.78 is 37.6. The molecule has 29 heavy (non-hydrogen) atoms. The van der Waals surface area contributed by atoms with E-state index in [1.54, 1.807) is 19.2 Å². The van der Waals surface area contributed by atoms with Gasteiger partial charge in [0.25, 0.3) is 0 Å². The molecule has 0 aliphatic carbocycles. The monoisotopic (exact) mass is 407 g/mol. The predicted molar refractivity (Wildman–Crippen MR) is 107 cm³/mol. The van der Waals surface area contributed by atoms with E-state index < -0.39 is 12.7 Å². The Morgan fingerprint density at radius 3 is 2.76 bits per heavy atom. The van der Waals surface area contributed by atoms with Gasteiger partial charge in [-0.25, -0.2) is 0 Å². The average Bonchev–Trinajstić information content (AvgIpc) is 3.04. The van der Waals surface area contributed by atoms with Crippen LogP contribution in [0.25, 0.3) is 5.70 Å². The first-order valence-electron chi connectivity index (χ1n) is 9.21. The van der Waals surface area contributed by atoms with Crippen molar-refractivity contribution in [2.24, 2.45) is 4.99 Å². The molecule has 0 bridgehead atoms. The standard InChI is InChI=1S/C21H24F3N3O2/c1-4-5-20-17-6-7-26-19(12-29)18(17)10-27(20)15(3)16(8-14(2)11-28)9-25-13-21(22,23)24/h5-9,11-12,15,28H,4,10,13H2,1-3H3/b14-11+,16-8+,20-5-,25-9-. The van der Waals surface area contributed by atoms with Crippen LogP contribution >= 0.6 is 0 Å². The fourth-order valence-corrected chi connectivity index (χ4v) is 3.19. The van der Waals surface area contributed by atoms with Gasteiger partial charge in [-0.1, -0.05) is 13.0 Å². The number of nitrogens with zero attached hydrogens (tertiary/aromatic N) is 3. The first kappa shape index (κ1) is 22.4. The maximum absolute atomic E-state index is 12.5. The summed E-state index contributed by atoms with van der Waals surface area (Å²) >= 11 is 0. The summed E-state index contributed by atoms with van der Waals surface area (Å²) in [6.45, 7) is 4.59. The van der Waals surface area contributed by atoms with E-state index in [1.165, 1.54) is 6.21 Å². The van der Waals surface area contributed by atoms with E-state index in [0.29, 0.717) is 29.7 Å². The molecular formula is C21H24F3N3O2. The number of hydrogen-bond donors (Lipinski definition) is 1. The number of aliphatic hydroxyl groups is 1. The number of alkyl halides is 3. The van der Waals surface area contributed by atoms with Gasteiger partial charge in [0.05, 0.1) is 12.3 Å². The molecule has 2 rings (SSSR count). The van der Waals surface area contributed by atoms with Gasteiger partial charge < -0.3 is 10.0 Å². The Morgan fingerprint density at radius 2 is 2.17 bits per heavy atom. The first-order valence-corrected chi connectivity index (χ1v) is 9.21. The number of aliphatic imine (C=N–C) groups is 1. The highest BCUT2D eigenvalue weighted by Crippen LogP contribution is 2.37. The molecule has 1 aromatic heterocycles. The van der Waals surface area contributed by atoms with Crippen LogP contribution in [0.2, 0.25) is 0 Å². The fourth-order valence-electron chi connectivity index (χ4n) is 3.19. The second kappa shape index (κ2) is 9.54. The molecule has 0 saturated heterocycles. The number of halogens is 3. The molecule has 156 valence electrons. The average molecular weight is 407 g/mol. The van der Waals surface area contributed by atoms with Crippen molar-refractivity contribution in [1.82, 2.24) is 9.88 Å². The van der Waals surface area contributed by atoms with Crippen LogP contribution in [0.15, 0.2) is 46.8 Å². The summed E-state index contributed by atoms with van der Waals surface area (Å²) in [6, 6.07) is 1.47. The highest BCUT2D eigenvalue weighted by molar-refractivity contribution is 5.84. The van der Waals surface area contributed by atoms with Crippen molar-refractivity contribution in [3.05, 3.63) is 58.6 Å². The molecule has 8 heteroatoms. The first-order chi connectivity index (χ1) is 13.7. The van der Waals surface area contributed by atoms with E-state index >= 15 is 0 Å². The number of aliphatic hydroxyl groups excluding tert-OH is 1. The van der Waals surface area contributed by atoms with Gasteiger partial charge in [-0.05, 0) is 43.6 Å². The molecule has 0 spiro atoms. The fraction of sp³-hybridized carbons (Fsp3) is 0.381. The van der Waals surface area contributed by atoms with Crippen LogP contribution in [0.4, 0.5) is 13.2 Å². The largest absolute Gasteiger partial charge is 0.515 e. The maximum Gasteiger partial charge on any atom is 0.407 e. The zero-order valence-electron chi connectivity index (χ0n) is 16.6. The number of pyridine rings is 1. The minimum absolute atomic E-state index is 0.349. The minimum Gasteiger partial charge on any atom is -0.515 e. The van der Waals surface area contributed by atoms with Crippen molar-refractivity contribution < 1.29 is 23.1 Å². The molecule has 0 saturated carbocycles. The van der Waals surface area contributed by atoms with E-state index in [9.17, 15) is 23.1 Å². The summed E-state index contributed by atoms with van der Waals surface area (Å²) in [5.74, 6) is 0. The SMILES string of the molecule is CC/C=C1/c2ccnc(C=O)c2CN1C(C)C(/C=N\CC(F)(F)F)=C/C(C)=C/O. The summed E-state index contributed by atoms with van der Waals surface area (Å²) in [4.78, 5) is 21.0. The molecular weight excluding hydrogens is 383 g/mol. The molecule has 1 aliphatic heterocycles. The molecule has 0 amide bonds. The molecule has 1 N–H and O–H groups in total. The van der Waals surface area contributed by atoms with Gasteiger partial charge in [-0.3, -0.25) is 14.8 Å². The van der Waals surface area contributed by atoms with Crippen molar-refractivity contribution in [2.75, 3.05) is 6.54 Å². The van der Waals surface area contributed by atoms with E-state index in [0.717, 1.165) is 29.5 Å². The Morgan fingerprint density at radius 1 is 1.45 bits per heavy atom. The molecule has 1 aliphatic rings. The van der Waals surface area contributed by atoms with Crippen LogP contribution < -0.4 is 0 Å². The number of carbonyl (C=O) groups excluding carboxylic acids is 1. The van der Waals surface area contributed by atoms with Gasteiger partial charge in [0, 0.05) is 35.8 Å². The number of fused-ring (bicyclic) bond motifs is 1. The Balaban J connectivity index is 2.44. The summed E-state index contributed by atoms with van der Waals surface area (Å²) in [6.07, 6.45) is 4.31. The van der Waals surface area contributed by atoms with Gasteiger partial charge in [0.1, 0.15) is 12.2 Å². The van der Waals surface area contributed by atoms with Gasteiger partial charge in [0.15, 0.2) is 6.29 Å². The van der Waals surface area contributed by atoms with Crippen molar-refractivity contribution >= 4 is 18.2 Å². The molecule has 1 atom stereocenters. The van der Waals surface area contributed by atoms with Crippen LogP contribution in [-0.2, 0) is 6.54 Å². The Labute approximate surface area is 168 Å². The third kappa shape index (κ3) is 5.56. The molecule has 0 fully saturated rings. The van der Waals surface area contributed by atoms with Gasteiger partial charge in [0.2, 0.25) is 0 Å². The minimum atomic E-state index is -4.39. The van der Waals surface area contributed by atoms with E-state index in [-0.39, 0.29) is 6.04 Å². The number of aromatic nitrogens is 1.